The molecular formula is C14H20ClN3O. The Bertz CT molecular complexity index is 476. The van der Waals surface area contributed by atoms with Gasteiger partial charge in [0.05, 0.1) is 0 Å². The van der Waals surface area contributed by atoms with Crippen molar-refractivity contribution in [3.05, 3.63) is 22.7 Å². The Hall–Kier alpha value is -1.16. The van der Waals surface area contributed by atoms with Crippen LogP contribution < -0.4 is 0 Å². The van der Waals surface area contributed by atoms with E-state index in [-0.39, 0.29) is 16.6 Å². The van der Waals surface area contributed by atoms with E-state index in [9.17, 15) is 4.79 Å². The summed E-state index contributed by atoms with van der Waals surface area (Å²) in [5.41, 5.74) is 1.34. The molecule has 0 bridgehead atoms. The Morgan fingerprint density at radius 1 is 1.42 bits per heavy atom. The zero-order chi connectivity index (χ0) is 14.2. The third kappa shape index (κ3) is 3.24. The normalized spacial score (nSPS) is 19.8. The highest BCUT2D eigenvalue weighted by Gasteiger charge is 2.34. The minimum absolute atomic E-state index is 0.0425. The van der Waals surface area contributed by atoms with Crippen molar-refractivity contribution in [3.63, 3.8) is 0 Å². The summed E-state index contributed by atoms with van der Waals surface area (Å²) in [6.45, 7) is 10.1. The van der Waals surface area contributed by atoms with Gasteiger partial charge in [-0.25, -0.2) is 9.97 Å². The van der Waals surface area contributed by atoms with E-state index < -0.39 is 0 Å². The molecule has 0 radical (unpaired) electrons. The molecule has 2 heterocycles. The van der Waals surface area contributed by atoms with Gasteiger partial charge in [0.15, 0.2) is 0 Å². The lowest BCUT2D eigenvalue weighted by molar-refractivity contribution is 0.0770. The van der Waals surface area contributed by atoms with Crippen molar-refractivity contribution >= 4 is 17.5 Å². The monoisotopic (exact) mass is 281 g/mol. The van der Waals surface area contributed by atoms with Gasteiger partial charge in [-0.15, -0.1) is 0 Å². The summed E-state index contributed by atoms with van der Waals surface area (Å²) in [4.78, 5) is 22.3. The lowest BCUT2D eigenvalue weighted by Crippen LogP contribution is -2.31. The summed E-state index contributed by atoms with van der Waals surface area (Å²) < 4.78 is 0. The molecule has 1 unspecified atom stereocenters. The SMILES string of the molecule is Cc1cc(C(=O)N2CCC(C(C)(C)C)C2)nc(Cl)n1. The number of aryl methyl sites for hydroxylation is 1. The molecule has 1 aliphatic rings. The van der Waals surface area contributed by atoms with E-state index in [0.29, 0.717) is 11.6 Å². The lowest BCUT2D eigenvalue weighted by Gasteiger charge is -2.26. The smallest absolute Gasteiger partial charge is 0.272 e. The van der Waals surface area contributed by atoms with Gasteiger partial charge in [-0.1, -0.05) is 20.8 Å². The first-order valence-electron chi connectivity index (χ1n) is 6.58. The van der Waals surface area contributed by atoms with E-state index in [1.807, 2.05) is 11.8 Å². The fraction of sp³-hybridized carbons (Fsp3) is 0.643. The predicted octanol–water partition coefficient (Wildman–Crippen LogP) is 2.95. The Morgan fingerprint density at radius 3 is 2.63 bits per heavy atom. The van der Waals surface area contributed by atoms with Crippen LogP contribution in [-0.2, 0) is 0 Å². The number of carbonyl (C=O) groups excluding carboxylic acids is 1. The summed E-state index contributed by atoms with van der Waals surface area (Å²) in [7, 11) is 0. The van der Waals surface area contributed by atoms with Crippen LogP contribution in [0.1, 0.15) is 43.4 Å². The zero-order valence-electron chi connectivity index (χ0n) is 11.9. The second-order valence-corrected chi connectivity index (χ2v) is 6.60. The molecule has 1 saturated heterocycles. The van der Waals surface area contributed by atoms with Crippen LogP contribution in [0.5, 0.6) is 0 Å². The van der Waals surface area contributed by atoms with Crippen LogP contribution >= 0.6 is 11.6 Å². The summed E-state index contributed by atoms with van der Waals surface area (Å²) in [5, 5.41) is 0.134. The van der Waals surface area contributed by atoms with Crippen molar-refractivity contribution in [3.8, 4) is 0 Å². The average Bonchev–Trinajstić information content (AvgIpc) is 2.75. The fourth-order valence-corrected chi connectivity index (χ4v) is 2.68. The molecule has 0 aromatic carbocycles. The van der Waals surface area contributed by atoms with Crippen LogP contribution in [0.4, 0.5) is 0 Å². The summed E-state index contributed by atoms with van der Waals surface area (Å²) in [5.74, 6) is 0.494. The third-order valence-corrected chi connectivity index (χ3v) is 3.92. The van der Waals surface area contributed by atoms with Gasteiger partial charge in [0.2, 0.25) is 5.28 Å². The number of hydrogen-bond donors (Lipinski definition) is 0. The fourth-order valence-electron chi connectivity index (χ4n) is 2.46. The van der Waals surface area contributed by atoms with Gasteiger partial charge >= 0.3 is 0 Å². The van der Waals surface area contributed by atoms with Gasteiger partial charge in [-0.3, -0.25) is 4.79 Å². The van der Waals surface area contributed by atoms with Crippen molar-refractivity contribution in [2.24, 2.45) is 11.3 Å². The topological polar surface area (TPSA) is 46.1 Å². The Kier molecular flexibility index (Phi) is 3.81. The molecule has 1 atom stereocenters. The van der Waals surface area contributed by atoms with Crippen molar-refractivity contribution in [1.82, 2.24) is 14.9 Å². The van der Waals surface area contributed by atoms with Gasteiger partial charge in [-0.05, 0) is 42.3 Å². The second-order valence-electron chi connectivity index (χ2n) is 6.27. The summed E-state index contributed by atoms with van der Waals surface area (Å²) in [6.07, 6.45) is 1.05. The molecule has 1 amide bonds. The van der Waals surface area contributed by atoms with E-state index in [1.165, 1.54) is 0 Å². The van der Waals surface area contributed by atoms with Crippen molar-refractivity contribution in [2.45, 2.75) is 34.1 Å². The average molecular weight is 282 g/mol. The van der Waals surface area contributed by atoms with Crippen molar-refractivity contribution in [1.29, 1.82) is 0 Å². The third-order valence-electron chi connectivity index (χ3n) is 3.75. The Labute approximate surface area is 119 Å². The standard InChI is InChI=1S/C14H20ClN3O/c1-9-7-11(17-13(15)16-9)12(19)18-6-5-10(8-18)14(2,3)4/h7,10H,5-6,8H2,1-4H3. The van der Waals surface area contributed by atoms with Gasteiger partial charge in [0.1, 0.15) is 5.69 Å². The maximum absolute atomic E-state index is 12.4. The lowest BCUT2D eigenvalue weighted by atomic mass is 9.80. The van der Waals surface area contributed by atoms with Gasteiger partial charge < -0.3 is 4.90 Å². The Morgan fingerprint density at radius 2 is 2.11 bits per heavy atom. The molecule has 1 aromatic heterocycles. The first kappa shape index (κ1) is 14.3. The molecule has 19 heavy (non-hydrogen) atoms. The van der Waals surface area contributed by atoms with Crippen molar-refractivity contribution in [2.75, 3.05) is 13.1 Å². The second kappa shape index (κ2) is 5.08. The highest BCUT2D eigenvalue weighted by atomic mass is 35.5. The maximum Gasteiger partial charge on any atom is 0.272 e. The zero-order valence-corrected chi connectivity index (χ0v) is 12.7. The van der Waals surface area contributed by atoms with E-state index in [0.717, 1.165) is 25.2 Å². The number of amides is 1. The largest absolute Gasteiger partial charge is 0.337 e. The molecule has 1 fully saturated rings. The van der Waals surface area contributed by atoms with Gasteiger partial charge in [0, 0.05) is 18.8 Å². The van der Waals surface area contributed by atoms with Gasteiger partial charge in [-0.2, -0.15) is 0 Å². The van der Waals surface area contributed by atoms with E-state index in [1.54, 1.807) is 6.07 Å². The van der Waals surface area contributed by atoms with Crippen LogP contribution in [0.2, 0.25) is 5.28 Å². The number of nitrogens with zero attached hydrogens (tertiary/aromatic N) is 3. The van der Waals surface area contributed by atoms with E-state index >= 15 is 0 Å². The number of hydrogen-bond acceptors (Lipinski definition) is 3. The molecule has 0 N–H and O–H groups in total. The highest BCUT2D eigenvalue weighted by Crippen LogP contribution is 2.33. The molecule has 1 aromatic rings. The Balaban J connectivity index is 2.13. The quantitative estimate of drug-likeness (QED) is 0.744. The molecule has 4 nitrogen and oxygen atoms in total. The van der Waals surface area contributed by atoms with Crippen LogP contribution in [0.3, 0.4) is 0 Å². The minimum Gasteiger partial charge on any atom is -0.337 e. The van der Waals surface area contributed by atoms with Crippen molar-refractivity contribution < 1.29 is 4.79 Å². The number of halogens is 1. The van der Waals surface area contributed by atoms with Gasteiger partial charge in [0.25, 0.3) is 5.91 Å². The number of rotatable bonds is 1. The summed E-state index contributed by atoms with van der Waals surface area (Å²) >= 11 is 5.81. The molecule has 0 spiro atoms. The number of aromatic nitrogens is 2. The molecule has 5 heteroatoms. The predicted molar refractivity (Wildman–Crippen MR) is 75.2 cm³/mol. The first-order chi connectivity index (χ1) is 8.77. The molecule has 0 saturated carbocycles. The summed E-state index contributed by atoms with van der Waals surface area (Å²) in [6, 6.07) is 1.69. The molecule has 104 valence electrons. The van der Waals surface area contributed by atoms with Crippen LogP contribution in [0, 0.1) is 18.3 Å². The first-order valence-corrected chi connectivity index (χ1v) is 6.95. The molecular weight excluding hydrogens is 262 g/mol. The van der Waals surface area contributed by atoms with E-state index in [4.69, 9.17) is 11.6 Å². The minimum atomic E-state index is -0.0425. The highest BCUT2D eigenvalue weighted by molar-refractivity contribution is 6.28. The molecule has 1 aliphatic heterocycles. The molecule has 2 rings (SSSR count). The number of carbonyl (C=O) groups is 1. The van der Waals surface area contributed by atoms with Crippen LogP contribution in [0.25, 0.3) is 0 Å². The maximum atomic E-state index is 12.4. The molecule has 0 aliphatic carbocycles. The van der Waals surface area contributed by atoms with E-state index in [2.05, 4.69) is 30.7 Å². The van der Waals surface area contributed by atoms with Crippen LogP contribution in [0.15, 0.2) is 6.07 Å². The van der Waals surface area contributed by atoms with Crippen LogP contribution in [-0.4, -0.2) is 33.9 Å². The number of likely N-dealkylation sites (tertiary alicyclic amines) is 1.